The van der Waals surface area contributed by atoms with Crippen LogP contribution < -0.4 is 10.9 Å². The van der Waals surface area contributed by atoms with Crippen LogP contribution in [0.15, 0.2) is 41.6 Å². The molecule has 0 aliphatic rings. The molecule has 1 amide bonds. The zero-order chi connectivity index (χ0) is 22.2. The molecule has 2 aromatic heterocycles. The number of fused-ring (bicyclic) bond motifs is 1. The highest BCUT2D eigenvalue weighted by molar-refractivity contribution is 6.30. The SMILES string of the molecule is CCOC(=O)CCCC(=O)NCCn1ncc2c(=O)n(Cc3cccc(Cl)c3)cnc21. The van der Waals surface area contributed by atoms with Crippen molar-refractivity contribution in [1.82, 2.24) is 24.6 Å². The number of hydrogen-bond acceptors (Lipinski definition) is 6. The van der Waals surface area contributed by atoms with E-state index >= 15 is 0 Å². The van der Waals surface area contributed by atoms with Crippen LogP contribution in [0.3, 0.4) is 0 Å². The van der Waals surface area contributed by atoms with Gasteiger partial charge in [0.2, 0.25) is 5.91 Å². The van der Waals surface area contributed by atoms with E-state index in [0.29, 0.717) is 48.7 Å². The molecule has 31 heavy (non-hydrogen) atoms. The summed E-state index contributed by atoms with van der Waals surface area (Å²) in [6.45, 7) is 3.14. The molecule has 0 saturated carbocycles. The predicted octanol–water partition coefficient (Wildman–Crippen LogP) is 2.14. The number of amides is 1. The summed E-state index contributed by atoms with van der Waals surface area (Å²) in [5, 5.41) is 8.02. The lowest BCUT2D eigenvalue weighted by Gasteiger charge is -2.08. The molecule has 0 aliphatic heterocycles. The molecule has 0 aliphatic carbocycles. The van der Waals surface area contributed by atoms with Crippen molar-refractivity contribution in [2.45, 2.75) is 39.3 Å². The summed E-state index contributed by atoms with van der Waals surface area (Å²) >= 11 is 6.01. The number of nitrogens with zero attached hydrogens (tertiary/aromatic N) is 4. The fourth-order valence-corrected chi connectivity index (χ4v) is 3.33. The summed E-state index contributed by atoms with van der Waals surface area (Å²) in [6.07, 6.45) is 3.86. The number of halogens is 1. The number of carbonyl (C=O) groups excluding carboxylic acids is 2. The van der Waals surface area contributed by atoms with Gasteiger partial charge in [-0.3, -0.25) is 19.0 Å². The molecule has 164 valence electrons. The first kappa shape index (κ1) is 22.5. The van der Waals surface area contributed by atoms with E-state index in [-0.39, 0.29) is 30.3 Å². The minimum Gasteiger partial charge on any atom is -0.466 e. The summed E-state index contributed by atoms with van der Waals surface area (Å²) in [7, 11) is 0. The van der Waals surface area contributed by atoms with E-state index in [1.807, 2.05) is 12.1 Å². The summed E-state index contributed by atoms with van der Waals surface area (Å²) in [5.74, 6) is -0.456. The number of nitrogens with one attached hydrogen (secondary N) is 1. The monoisotopic (exact) mass is 445 g/mol. The Labute approximate surface area is 184 Å². The molecule has 1 aromatic carbocycles. The maximum Gasteiger partial charge on any atom is 0.305 e. The van der Waals surface area contributed by atoms with Gasteiger partial charge in [0.1, 0.15) is 11.7 Å². The van der Waals surface area contributed by atoms with E-state index in [2.05, 4.69) is 15.4 Å². The molecule has 0 saturated heterocycles. The van der Waals surface area contributed by atoms with Gasteiger partial charge in [0.05, 0.1) is 25.9 Å². The van der Waals surface area contributed by atoms with E-state index in [1.54, 1.807) is 23.7 Å². The van der Waals surface area contributed by atoms with Crippen LogP contribution in [0.4, 0.5) is 0 Å². The van der Waals surface area contributed by atoms with Gasteiger partial charge < -0.3 is 10.1 Å². The Hall–Kier alpha value is -3.20. The zero-order valence-corrected chi connectivity index (χ0v) is 18.0. The van der Waals surface area contributed by atoms with Crippen molar-refractivity contribution in [2.75, 3.05) is 13.2 Å². The van der Waals surface area contributed by atoms with Crippen molar-refractivity contribution < 1.29 is 14.3 Å². The smallest absolute Gasteiger partial charge is 0.305 e. The number of ether oxygens (including phenoxy) is 1. The molecule has 3 rings (SSSR count). The quantitative estimate of drug-likeness (QED) is 0.479. The second-order valence-electron chi connectivity index (χ2n) is 6.92. The summed E-state index contributed by atoms with van der Waals surface area (Å²) in [4.78, 5) is 40.3. The summed E-state index contributed by atoms with van der Waals surface area (Å²) in [5.41, 5.74) is 1.16. The van der Waals surface area contributed by atoms with Crippen LogP contribution in [0.1, 0.15) is 31.7 Å². The Balaban J connectivity index is 1.55. The highest BCUT2D eigenvalue weighted by Gasteiger charge is 2.11. The Morgan fingerprint density at radius 2 is 2.10 bits per heavy atom. The molecule has 9 nitrogen and oxygen atoms in total. The predicted molar refractivity (Wildman–Crippen MR) is 116 cm³/mol. The molecule has 0 atom stereocenters. The molecular weight excluding hydrogens is 422 g/mol. The van der Waals surface area contributed by atoms with Gasteiger partial charge in [0.15, 0.2) is 5.65 Å². The first-order valence-corrected chi connectivity index (χ1v) is 10.4. The van der Waals surface area contributed by atoms with Crippen LogP contribution in [-0.2, 0) is 27.4 Å². The maximum atomic E-state index is 12.8. The second kappa shape index (κ2) is 10.7. The van der Waals surface area contributed by atoms with Crippen molar-refractivity contribution in [3.8, 4) is 0 Å². The molecule has 10 heteroatoms. The first-order valence-electron chi connectivity index (χ1n) is 10.1. The van der Waals surface area contributed by atoms with Crippen molar-refractivity contribution in [3.05, 3.63) is 57.7 Å². The topological polar surface area (TPSA) is 108 Å². The number of hydrogen-bond donors (Lipinski definition) is 1. The number of aromatic nitrogens is 4. The molecule has 0 bridgehead atoms. The lowest BCUT2D eigenvalue weighted by atomic mass is 10.2. The van der Waals surface area contributed by atoms with E-state index in [1.165, 1.54) is 17.1 Å². The summed E-state index contributed by atoms with van der Waals surface area (Å²) < 4.78 is 7.92. The van der Waals surface area contributed by atoms with E-state index < -0.39 is 0 Å². The number of rotatable bonds is 10. The normalized spacial score (nSPS) is 10.9. The highest BCUT2D eigenvalue weighted by atomic mass is 35.5. The first-order chi connectivity index (χ1) is 15.0. The number of carbonyl (C=O) groups is 2. The zero-order valence-electron chi connectivity index (χ0n) is 17.2. The standard InChI is InChI=1S/C21H24ClN5O4/c1-2-31-19(29)8-4-7-18(28)23-9-10-27-20-17(12-25-27)21(30)26(14-24-20)13-15-5-3-6-16(22)11-15/h3,5-6,11-12,14H,2,4,7-10,13H2,1H3,(H,23,28). The Morgan fingerprint density at radius 1 is 1.26 bits per heavy atom. The van der Waals surface area contributed by atoms with Gasteiger partial charge in [-0.25, -0.2) is 9.67 Å². The van der Waals surface area contributed by atoms with Gasteiger partial charge >= 0.3 is 5.97 Å². The fourth-order valence-electron chi connectivity index (χ4n) is 3.12. The fraction of sp³-hybridized carbons (Fsp3) is 0.381. The molecule has 0 spiro atoms. The van der Waals surface area contributed by atoms with Gasteiger partial charge in [-0.2, -0.15) is 5.10 Å². The maximum absolute atomic E-state index is 12.8. The van der Waals surface area contributed by atoms with E-state index in [9.17, 15) is 14.4 Å². The van der Waals surface area contributed by atoms with E-state index in [4.69, 9.17) is 16.3 Å². The molecule has 0 unspecified atom stereocenters. The van der Waals surface area contributed by atoms with Gasteiger partial charge in [-0.1, -0.05) is 23.7 Å². The molecule has 3 aromatic rings. The average Bonchev–Trinajstić information content (AvgIpc) is 3.14. The Bertz CT molecular complexity index is 1120. The Morgan fingerprint density at radius 3 is 2.87 bits per heavy atom. The summed E-state index contributed by atoms with van der Waals surface area (Å²) in [6, 6.07) is 7.30. The lowest BCUT2D eigenvalue weighted by molar-refractivity contribution is -0.143. The van der Waals surface area contributed by atoms with Crippen LogP contribution in [0.2, 0.25) is 5.02 Å². The molecule has 0 radical (unpaired) electrons. The van der Waals surface area contributed by atoms with Crippen molar-refractivity contribution >= 4 is 34.5 Å². The van der Waals surface area contributed by atoms with Crippen molar-refractivity contribution in [1.29, 1.82) is 0 Å². The van der Waals surface area contributed by atoms with Gasteiger partial charge in [-0.15, -0.1) is 0 Å². The highest BCUT2D eigenvalue weighted by Crippen LogP contribution is 2.12. The molecular formula is C21H24ClN5O4. The number of benzene rings is 1. The third kappa shape index (κ3) is 6.14. The third-order valence-electron chi connectivity index (χ3n) is 4.60. The Kier molecular flexibility index (Phi) is 7.77. The number of esters is 1. The van der Waals surface area contributed by atoms with Crippen molar-refractivity contribution in [3.63, 3.8) is 0 Å². The van der Waals surface area contributed by atoms with Gasteiger partial charge in [0.25, 0.3) is 5.56 Å². The van der Waals surface area contributed by atoms with Gasteiger partial charge in [-0.05, 0) is 31.0 Å². The van der Waals surface area contributed by atoms with Crippen LogP contribution in [0.5, 0.6) is 0 Å². The van der Waals surface area contributed by atoms with Crippen LogP contribution in [-0.4, -0.2) is 44.4 Å². The van der Waals surface area contributed by atoms with E-state index in [0.717, 1.165) is 5.56 Å². The third-order valence-corrected chi connectivity index (χ3v) is 4.84. The minimum atomic E-state index is -0.301. The average molecular weight is 446 g/mol. The molecule has 2 heterocycles. The van der Waals surface area contributed by atoms with Gasteiger partial charge in [0, 0.05) is 24.4 Å². The van der Waals surface area contributed by atoms with Crippen molar-refractivity contribution in [2.24, 2.45) is 0 Å². The lowest BCUT2D eigenvalue weighted by Crippen LogP contribution is -2.27. The second-order valence-corrected chi connectivity index (χ2v) is 7.36. The minimum absolute atomic E-state index is 0.155. The van der Waals surface area contributed by atoms with Crippen LogP contribution in [0, 0.1) is 0 Å². The van der Waals surface area contributed by atoms with Crippen LogP contribution in [0.25, 0.3) is 11.0 Å². The largest absolute Gasteiger partial charge is 0.466 e. The molecule has 1 N–H and O–H groups in total. The van der Waals surface area contributed by atoms with Crippen LogP contribution >= 0.6 is 11.6 Å². The molecule has 0 fully saturated rings.